The third-order valence-corrected chi connectivity index (χ3v) is 13.2. The van der Waals surface area contributed by atoms with E-state index in [9.17, 15) is 10.5 Å². The molecule has 9 aromatic carbocycles. The summed E-state index contributed by atoms with van der Waals surface area (Å²) >= 11 is 1.79. The van der Waals surface area contributed by atoms with Crippen molar-refractivity contribution in [1.82, 2.24) is 0 Å². The van der Waals surface area contributed by atoms with Gasteiger partial charge in [-0.15, -0.1) is 0 Å². The Kier molecular flexibility index (Phi) is 9.35. The van der Waals surface area contributed by atoms with E-state index in [1.54, 1.807) is 11.8 Å². The topological polar surface area (TPSA) is 57.3 Å². The highest BCUT2D eigenvalue weighted by Crippen LogP contribution is 2.59. The van der Waals surface area contributed by atoms with Gasteiger partial charge in [0.05, 0.1) is 68.5 Å². The normalized spacial score (nSPS) is 13.0. The van der Waals surface area contributed by atoms with Crippen molar-refractivity contribution in [2.75, 3.05) is 14.7 Å². The van der Waals surface area contributed by atoms with E-state index >= 15 is 0 Å². The first-order valence-corrected chi connectivity index (χ1v) is 21.7. The molecule has 296 valence electrons. The Labute approximate surface area is 371 Å². The van der Waals surface area contributed by atoms with Crippen LogP contribution >= 0.6 is 11.8 Å². The van der Waals surface area contributed by atoms with Crippen LogP contribution in [-0.4, -0.2) is 0 Å². The van der Waals surface area contributed by atoms with Gasteiger partial charge in [-0.2, -0.15) is 10.5 Å². The van der Waals surface area contributed by atoms with E-state index in [1.165, 1.54) is 32.0 Å². The third-order valence-electron chi connectivity index (χ3n) is 12.1. The van der Waals surface area contributed by atoms with Crippen molar-refractivity contribution in [2.24, 2.45) is 0 Å². The van der Waals surface area contributed by atoms with E-state index in [-0.39, 0.29) is 0 Å². The maximum atomic E-state index is 9.82. The van der Waals surface area contributed by atoms with Gasteiger partial charge in [0.25, 0.3) is 0 Å². The molecule has 0 unspecified atom stereocenters. The Morgan fingerprint density at radius 2 is 0.762 bits per heavy atom. The predicted octanol–water partition coefficient (Wildman–Crippen LogP) is 15.0. The van der Waals surface area contributed by atoms with E-state index in [2.05, 4.69) is 203 Å². The Morgan fingerprint density at radius 3 is 1.21 bits per heavy atom. The van der Waals surface area contributed by atoms with E-state index in [1.807, 2.05) is 48.5 Å². The van der Waals surface area contributed by atoms with Crippen molar-refractivity contribution in [3.8, 4) is 12.1 Å². The molecule has 0 saturated carbocycles. The molecule has 0 saturated heterocycles. The van der Waals surface area contributed by atoms with Crippen LogP contribution in [0.25, 0.3) is 0 Å². The van der Waals surface area contributed by atoms with Crippen LogP contribution in [0.15, 0.2) is 234 Å². The van der Waals surface area contributed by atoms with Gasteiger partial charge in [-0.1, -0.05) is 133 Å². The van der Waals surface area contributed by atoms with E-state index in [0.29, 0.717) is 11.1 Å². The van der Waals surface area contributed by atoms with Gasteiger partial charge in [0.15, 0.2) is 0 Å². The summed E-state index contributed by atoms with van der Waals surface area (Å²) in [5.74, 6) is 0. The number of nitrogens with zero attached hydrogens (tertiary/aromatic N) is 5. The largest absolute Gasteiger partial charge is 0.310 e. The predicted molar refractivity (Wildman–Crippen MR) is 256 cm³/mol. The van der Waals surface area contributed by atoms with Gasteiger partial charge < -0.3 is 14.7 Å². The van der Waals surface area contributed by atoms with Crippen molar-refractivity contribution in [3.63, 3.8) is 0 Å². The van der Waals surface area contributed by atoms with Crippen LogP contribution in [-0.2, 0) is 5.41 Å². The Bertz CT molecular complexity index is 3050. The standard InChI is InChI=1S/C57H37N5S/c58-38-40-27-31-44(32-28-40)60(45-33-29-41(39-59)30-34-45)46-35-47(37-48(36-46)62-53-23-11-13-25-55(53)63-56-26-14-12-24-54(56)62)61-51-21-9-7-19-49(51)57(42-15-3-1-4-16-42,43-17-5-2-6-18-43)50-20-8-10-22-52(50)61/h1-37H. The zero-order valence-corrected chi connectivity index (χ0v) is 34.8. The molecule has 0 atom stereocenters. The molecule has 0 amide bonds. The second kappa shape index (κ2) is 15.6. The summed E-state index contributed by atoms with van der Waals surface area (Å²) in [6.45, 7) is 0. The lowest BCUT2D eigenvalue weighted by molar-refractivity contribution is 0.731. The first kappa shape index (κ1) is 37.7. The van der Waals surface area contributed by atoms with Gasteiger partial charge in [0.1, 0.15) is 0 Å². The summed E-state index contributed by atoms with van der Waals surface area (Å²) in [5, 5.41) is 19.6. The van der Waals surface area contributed by atoms with Crippen LogP contribution in [0.4, 0.5) is 51.2 Å². The summed E-state index contributed by atoms with van der Waals surface area (Å²) in [6.07, 6.45) is 0. The average molecular weight is 824 g/mol. The second-order valence-corrected chi connectivity index (χ2v) is 16.7. The Morgan fingerprint density at radius 1 is 0.381 bits per heavy atom. The number of hydrogen-bond acceptors (Lipinski definition) is 6. The summed E-state index contributed by atoms with van der Waals surface area (Å²) in [4.78, 5) is 9.36. The number of hydrogen-bond donors (Lipinski definition) is 0. The van der Waals surface area contributed by atoms with Crippen LogP contribution in [0.5, 0.6) is 0 Å². The number of fused-ring (bicyclic) bond motifs is 4. The fraction of sp³-hybridized carbons (Fsp3) is 0.0175. The Balaban J connectivity index is 1.22. The molecule has 5 nitrogen and oxygen atoms in total. The average Bonchev–Trinajstić information content (AvgIpc) is 3.35. The fourth-order valence-corrected chi connectivity index (χ4v) is 10.5. The lowest BCUT2D eigenvalue weighted by atomic mass is 9.62. The molecule has 0 N–H and O–H groups in total. The van der Waals surface area contributed by atoms with Crippen LogP contribution < -0.4 is 14.7 Å². The number of benzene rings is 9. The summed E-state index contributed by atoms with van der Waals surface area (Å²) in [6, 6.07) is 83.4. The first-order chi connectivity index (χ1) is 31.1. The number of nitriles is 2. The van der Waals surface area contributed by atoms with Gasteiger partial charge in [-0.25, -0.2) is 0 Å². The zero-order chi connectivity index (χ0) is 42.3. The van der Waals surface area contributed by atoms with E-state index in [0.717, 1.165) is 51.2 Å². The third kappa shape index (κ3) is 6.24. The maximum absolute atomic E-state index is 9.82. The minimum atomic E-state index is -0.619. The molecule has 6 heteroatoms. The fourth-order valence-electron chi connectivity index (χ4n) is 9.46. The van der Waals surface area contributed by atoms with E-state index in [4.69, 9.17) is 0 Å². The molecule has 0 aromatic heterocycles. The number of para-hydroxylation sites is 4. The van der Waals surface area contributed by atoms with Crippen molar-refractivity contribution < 1.29 is 0 Å². The van der Waals surface area contributed by atoms with Crippen molar-refractivity contribution >= 4 is 62.9 Å². The van der Waals surface area contributed by atoms with Gasteiger partial charge in [-0.3, -0.25) is 0 Å². The van der Waals surface area contributed by atoms with Gasteiger partial charge in [0.2, 0.25) is 0 Å². The highest BCUT2D eigenvalue weighted by atomic mass is 32.2. The smallest absolute Gasteiger partial charge is 0.0991 e. The minimum Gasteiger partial charge on any atom is -0.310 e. The first-order valence-electron chi connectivity index (χ1n) is 20.9. The lowest BCUT2D eigenvalue weighted by Crippen LogP contribution is -2.37. The minimum absolute atomic E-state index is 0.578. The van der Waals surface area contributed by atoms with Crippen molar-refractivity contribution in [2.45, 2.75) is 15.2 Å². The van der Waals surface area contributed by atoms with Gasteiger partial charge in [-0.05, 0) is 125 Å². The number of rotatable bonds is 7. The van der Waals surface area contributed by atoms with Gasteiger partial charge in [0, 0.05) is 21.2 Å². The quantitative estimate of drug-likeness (QED) is 0.160. The monoisotopic (exact) mass is 823 g/mol. The maximum Gasteiger partial charge on any atom is 0.0991 e. The Hall–Kier alpha value is -8.29. The van der Waals surface area contributed by atoms with E-state index < -0.39 is 5.41 Å². The molecular formula is C57H37N5S. The van der Waals surface area contributed by atoms with Crippen LogP contribution in [0.3, 0.4) is 0 Å². The molecule has 0 aliphatic carbocycles. The summed E-state index contributed by atoms with van der Waals surface area (Å²) in [7, 11) is 0. The molecule has 0 fully saturated rings. The number of anilines is 9. The zero-order valence-electron chi connectivity index (χ0n) is 34.0. The molecule has 0 radical (unpaired) electrons. The second-order valence-electron chi connectivity index (χ2n) is 15.6. The summed E-state index contributed by atoms with van der Waals surface area (Å²) < 4.78 is 0. The highest BCUT2D eigenvalue weighted by Gasteiger charge is 2.46. The highest BCUT2D eigenvalue weighted by molar-refractivity contribution is 7.99. The summed E-state index contributed by atoms with van der Waals surface area (Å²) in [5.41, 5.74) is 14.2. The molecule has 11 rings (SSSR count). The molecule has 9 aromatic rings. The van der Waals surface area contributed by atoms with Crippen molar-refractivity contribution in [3.05, 3.63) is 258 Å². The molecule has 2 heterocycles. The van der Waals surface area contributed by atoms with Gasteiger partial charge >= 0.3 is 0 Å². The molecular weight excluding hydrogens is 787 g/mol. The van der Waals surface area contributed by atoms with Crippen molar-refractivity contribution in [1.29, 1.82) is 10.5 Å². The molecule has 0 spiro atoms. The molecule has 2 aliphatic heterocycles. The van der Waals surface area contributed by atoms with Crippen LogP contribution in [0, 0.1) is 22.7 Å². The molecule has 63 heavy (non-hydrogen) atoms. The SMILES string of the molecule is N#Cc1ccc(N(c2ccc(C#N)cc2)c2cc(N3c4ccccc4Sc4ccccc43)cc(N3c4ccccc4C(c4ccccc4)(c4ccccc4)c4ccccc43)c2)cc1. The molecule has 0 bridgehead atoms. The molecule has 2 aliphatic rings. The van der Waals surface area contributed by atoms with Crippen LogP contribution in [0.2, 0.25) is 0 Å². The van der Waals surface area contributed by atoms with Crippen LogP contribution in [0.1, 0.15) is 33.4 Å². The lowest BCUT2D eigenvalue weighted by Gasteiger charge is -2.46.